The Morgan fingerprint density at radius 3 is 1.92 bits per heavy atom. The van der Waals surface area contributed by atoms with Gasteiger partial charge in [-0.15, -0.1) is 21.3 Å². The zero-order valence-corrected chi connectivity index (χ0v) is 17.5. The van der Waals surface area contributed by atoms with E-state index in [0.29, 0.717) is 10.3 Å². The predicted molar refractivity (Wildman–Crippen MR) is 98.6 cm³/mol. The average Bonchev–Trinajstić information content (AvgIpc) is 3.05. The molecule has 13 nitrogen and oxygen atoms in total. The largest absolute Gasteiger partial charge is 1.00 e. The van der Waals surface area contributed by atoms with Crippen molar-refractivity contribution in [3.05, 3.63) is 0 Å². The fourth-order valence-corrected chi connectivity index (χ4v) is 2.80. The van der Waals surface area contributed by atoms with Gasteiger partial charge in [0.1, 0.15) is 22.5 Å². The molecule has 0 spiro atoms. The molecule has 2 rings (SSSR count). The third-order valence-electron chi connectivity index (χ3n) is 2.08. The molecule has 0 bridgehead atoms. The topological polar surface area (TPSA) is 174 Å². The number of hydrazine groups is 4. The Morgan fingerprint density at radius 1 is 1.12 bits per heavy atom. The first-order valence-corrected chi connectivity index (χ1v) is 9.74. The molecule has 0 aromatic carbocycles. The zero-order chi connectivity index (χ0) is 17.5. The number of amidine groups is 2. The second-order valence-corrected chi connectivity index (χ2v) is 6.66. The van der Waals surface area contributed by atoms with Gasteiger partial charge in [0, 0.05) is 0 Å². The molecule has 0 amide bonds. The Labute approximate surface area is 183 Å². The van der Waals surface area contributed by atoms with Crippen molar-refractivity contribution < 1.29 is 52.4 Å². The number of carboxylic acid groups (broad SMARTS) is 1. The van der Waals surface area contributed by atoms with E-state index in [1.165, 1.54) is 28.5 Å². The van der Waals surface area contributed by atoms with Crippen LogP contribution in [0.25, 0.3) is 0 Å². The molecule has 0 aromatic rings. The van der Waals surface area contributed by atoms with Crippen LogP contribution < -0.4 is 51.7 Å². The van der Waals surface area contributed by atoms with Crippen molar-refractivity contribution in [2.75, 3.05) is 24.9 Å². The molecule has 0 aromatic heterocycles. The third-order valence-corrected chi connectivity index (χ3v) is 4.01. The number of nitrogens with zero attached hydrogens (tertiary/aromatic N) is 4. The molecular weight excluding hydrogens is 419 g/mol. The molecule has 0 saturated carbocycles. The molecule has 2 heterocycles. The summed E-state index contributed by atoms with van der Waals surface area (Å²) in [6.45, 7) is -0.104. The maximum Gasteiger partial charge on any atom is 1.00 e. The van der Waals surface area contributed by atoms with E-state index in [1.54, 1.807) is 6.26 Å². The number of rotatable bonds is 4. The molecule has 2 aliphatic rings. The van der Waals surface area contributed by atoms with E-state index < -0.39 is 22.0 Å². The van der Waals surface area contributed by atoms with Gasteiger partial charge in [0.15, 0.2) is 0 Å². The van der Waals surface area contributed by atoms with Gasteiger partial charge in [0.05, 0.1) is 0 Å². The summed E-state index contributed by atoms with van der Waals surface area (Å²) in [5.74, 6) is -1.54. The van der Waals surface area contributed by atoms with E-state index >= 15 is 0 Å². The van der Waals surface area contributed by atoms with E-state index in [0.717, 1.165) is 5.01 Å². The van der Waals surface area contributed by atoms with Crippen molar-refractivity contribution in [3.8, 4) is 0 Å². The van der Waals surface area contributed by atoms with Crippen LogP contribution in [0.1, 0.15) is 14.9 Å². The Hall–Kier alpha value is -0.460. The van der Waals surface area contributed by atoms with Gasteiger partial charge in [-0.2, -0.15) is 0 Å². The van der Waals surface area contributed by atoms with Crippen LogP contribution in [0.3, 0.4) is 0 Å². The Bertz CT molecular complexity index is 590. The van der Waals surface area contributed by atoms with Gasteiger partial charge >= 0.3 is 35.5 Å². The van der Waals surface area contributed by atoms with Gasteiger partial charge in [-0.1, -0.05) is 38.4 Å². The van der Waals surface area contributed by atoms with Crippen LogP contribution in [0.5, 0.6) is 0 Å². The van der Waals surface area contributed by atoms with Gasteiger partial charge in [0.25, 0.3) is 0 Å². The van der Waals surface area contributed by atoms with Gasteiger partial charge in [-0.3, -0.25) is 14.8 Å². The number of hydrogen-bond acceptors (Lipinski definition) is 14. The SMILES string of the molecule is C.C.CSC1=NNNN1CC(=O)O.CSC1=NNNN1CS(=O)(=O)[O-].[Na+]. The molecule has 0 saturated heterocycles. The van der Waals surface area contributed by atoms with Crippen LogP contribution in [0.4, 0.5) is 0 Å². The molecule has 17 heteroatoms. The van der Waals surface area contributed by atoms with E-state index in [2.05, 4.69) is 32.3 Å². The number of aliphatic carboxylic acids is 1. The van der Waals surface area contributed by atoms with Crippen LogP contribution in [0, 0.1) is 0 Å². The van der Waals surface area contributed by atoms with Crippen LogP contribution >= 0.6 is 23.5 Å². The van der Waals surface area contributed by atoms with Crippen LogP contribution in [-0.2, 0) is 14.9 Å². The first-order chi connectivity index (χ1) is 10.8. The molecule has 0 radical (unpaired) electrons. The second-order valence-electron chi connectivity index (χ2n) is 3.74. The fraction of sp³-hybridized carbons (Fsp3) is 0.667. The Balaban J connectivity index is -0.000000366. The quantitative estimate of drug-likeness (QED) is 0.209. The van der Waals surface area contributed by atoms with Crippen LogP contribution in [-0.4, -0.2) is 69.3 Å². The second kappa shape index (κ2) is 14.6. The van der Waals surface area contributed by atoms with E-state index in [1.807, 2.05) is 6.26 Å². The van der Waals surface area contributed by atoms with Crippen molar-refractivity contribution in [2.24, 2.45) is 10.2 Å². The molecule has 2 aliphatic heterocycles. The van der Waals surface area contributed by atoms with Gasteiger partial charge in [-0.25, -0.2) is 19.5 Å². The van der Waals surface area contributed by atoms with Crippen LogP contribution in [0.15, 0.2) is 10.2 Å². The summed E-state index contributed by atoms with van der Waals surface area (Å²) >= 11 is 2.60. The molecule has 0 atom stereocenters. The summed E-state index contributed by atoms with van der Waals surface area (Å²) in [6, 6.07) is 0. The summed E-state index contributed by atoms with van der Waals surface area (Å²) in [5, 5.41) is 19.4. The first-order valence-electron chi connectivity index (χ1n) is 5.72. The van der Waals surface area contributed by atoms with Gasteiger partial charge < -0.3 is 9.66 Å². The smallest absolute Gasteiger partial charge is 0.747 e. The van der Waals surface area contributed by atoms with Crippen molar-refractivity contribution in [2.45, 2.75) is 14.9 Å². The molecule has 0 unspecified atom stereocenters. The molecular formula is C9H23N8NaO5S3. The van der Waals surface area contributed by atoms with Gasteiger partial charge in [-0.05, 0) is 12.5 Å². The first kappa shape index (κ1) is 30.3. The van der Waals surface area contributed by atoms with Gasteiger partial charge in [0.2, 0.25) is 10.3 Å². The molecule has 148 valence electrons. The monoisotopic (exact) mass is 442 g/mol. The molecule has 26 heavy (non-hydrogen) atoms. The standard InChI is InChI=1S/C4H8N4O2S.C3H8N4O3S2.2CH4.Na/c1-11-4-5-6-7-8(4)2-3(9)10;1-11-3-4-5-6-7(3)2-12(8,9)10;;;/h6-7H,2H2,1H3,(H,9,10);5-6H,2H2,1H3,(H,8,9,10);2*1H4;/q;;;;+1/p-1. The molecule has 0 aliphatic carbocycles. The minimum Gasteiger partial charge on any atom is -0.747 e. The maximum atomic E-state index is 10.3. The Morgan fingerprint density at radius 2 is 1.54 bits per heavy atom. The third kappa shape index (κ3) is 11.3. The van der Waals surface area contributed by atoms with E-state index in [9.17, 15) is 17.8 Å². The summed E-state index contributed by atoms with van der Waals surface area (Å²) in [4.78, 5) is 10.2. The molecule has 5 N–H and O–H groups in total. The molecule has 0 fully saturated rings. The normalized spacial score (nSPS) is 14.9. The maximum absolute atomic E-state index is 10.3. The number of hydrazone groups is 2. The summed E-state index contributed by atoms with van der Waals surface area (Å²) in [7, 11) is -4.27. The number of hydrogen-bond donors (Lipinski definition) is 5. The van der Waals surface area contributed by atoms with Crippen molar-refractivity contribution >= 4 is 49.9 Å². The van der Waals surface area contributed by atoms with Crippen molar-refractivity contribution in [3.63, 3.8) is 0 Å². The predicted octanol–water partition coefficient (Wildman–Crippen LogP) is -4.25. The number of nitrogens with one attached hydrogen (secondary N) is 4. The Kier molecular flexibility index (Phi) is 17.0. The summed E-state index contributed by atoms with van der Waals surface area (Å²) in [6.07, 6.45) is 3.54. The summed E-state index contributed by atoms with van der Waals surface area (Å²) in [5.41, 5.74) is 9.75. The van der Waals surface area contributed by atoms with Crippen molar-refractivity contribution in [1.82, 2.24) is 32.2 Å². The van der Waals surface area contributed by atoms with E-state index in [-0.39, 0.29) is 51.0 Å². The van der Waals surface area contributed by atoms with Crippen molar-refractivity contribution in [1.29, 1.82) is 0 Å². The minimum atomic E-state index is -4.27. The number of carbonyl (C=O) groups is 1. The van der Waals surface area contributed by atoms with Crippen LogP contribution in [0.2, 0.25) is 0 Å². The fourth-order valence-electron chi connectivity index (χ4n) is 1.28. The average molecular weight is 443 g/mol. The summed E-state index contributed by atoms with van der Waals surface area (Å²) < 4.78 is 31.0. The number of thioether (sulfide) groups is 2. The number of carboxylic acids is 1. The van der Waals surface area contributed by atoms with E-state index in [4.69, 9.17) is 5.11 Å². The minimum absolute atomic E-state index is 0. The zero-order valence-electron chi connectivity index (χ0n) is 13.0.